The van der Waals surface area contributed by atoms with E-state index in [-0.39, 0.29) is 0 Å². The molecule has 2 aliphatic carbocycles. The summed E-state index contributed by atoms with van der Waals surface area (Å²) >= 11 is 6.25. The Bertz CT molecular complexity index is 751. The molecule has 4 rings (SSSR count). The summed E-state index contributed by atoms with van der Waals surface area (Å²) in [5.41, 5.74) is 3.18. The molecule has 132 valence electrons. The van der Waals surface area contributed by atoms with Crippen molar-refractivity contribution in [3.05, 3.63) is 40.5 Å². The molecule has 4 nitrogen and oxygen atoms in total. The highest BCUT2D eigenvalue weighted by Gasteiger charge is 2.26. The molecule has 1 aromatic heterocycles. The summed E-state index contributed by atoms with van der Waals surface area (Å²) < 4.78 is 0. The van der Waals surface area contributed by atoms with Crippen LogP contribution in [0.4, 0.5) is 17.5 Å². The average Bonchev–Trinajstić information content (AvgIpc) is 3.44. The third kappa shape index (κ3) is 4.24. The number of aromatic nitrogens is 2. The molecule has 0 saturated heterocycles. The zero-order valence-electron chi connectivity index (χ0n) is 14.7. The largest absolute Gasteiger partial charge is 0.351 e. The fourth-order valence-electron chi connectivity index (χ4n) is 3.43. The van der Waals surface area contributed by atoms with Crippen LogP contribution in [-0.2, 0) is 0 Å². The lowest BCUT2D eigenvalue weighted by Gasteiger charge is -2.23. The predicted molar refractivity (Wildman–Crippen MR) is 104 cm³/mol. The normalized spacial score (nSPS) is 18.2. The third-order valence-electron chi connectivity index (χ3n) is 5.12. The van der Waals surface area contributed by atoms with Crippen molar-refractivity contribution >= 4 is 29.1 Å². The van der Waals surface area contributed by atoms with Crippen LogP contribution in [0.25, 0.3) is 0 Å². The summed E-state index contributed by atoms with van der Waals surface area (Å²) in [5, 5.41) is 7.73. The van der Waals surface area contributed by atoms with E-state index >= 15 is 0 Å². The van der Waals surface area contributed by atoms with E-state index in [1.165, 1.54) is 44.9 Å². The average molecular weight is 357 g/mol. The lowest BCUT2D eigenvalue weighted by molar-refractivity contribution is 0.460. The summed E-state index contributed by atoms with van der Waals surface area (Å²) in [5.74, 6) is 2.20. The smallest absolute Gasteiger partial charge is 0.225 e. The van der Waals surface area contributed by atoms with Gasteiger partial charge in [-0.25, -0.2) is 4.98 Å². The van der Waals surface area contributed by atoms with Crippen LogP contribution in [0.3, 0.4) is 0 Å². The van der Waals surface area contributed by atoms with Crippen molar-refractivity contribution in [2.24, 2.45) is 0 Å². The molecule has 1 aromatic carbocycles. The molecule has 25 heavy (non-hydrogen) atoms. The van der Waals surface area contributed by atoms with E-state index in [4.69, 9.17) is 21.6 Å². The van der Waals surface area contributed by atoms with Gasteiger partial charge >= 0.3 is 0 Å². The van der Waals surface area contributed by atoms with Crippen molar-refractivity contribution in [3.63, 3.8) is 0 Å². The molecule has 2 saturated carbocycles. The van der Waals surface area contributed by atoms with Crippen LogP contribution < -0.4 is 10.6 Å². The van der Waals surface area contributed by atoms with Crippen molar-refractivity contribution in [2.45, 2.75) is 63.8 Å². The summed E-state index contributed by atoms with van der Waals surface area (Å²) in [4.78, 5) is 9.48. The highest BCUT2D eigenvalue weighted by Crippen LogP contribution is 2.40. The van der Waals surface area contributed by atoms with Crippen LogP contribution in [0, 0.1) is 6.92 Å². The number of nitrogens with zero attached hydrogens (tertiary/aromatic N) is 2. The van der Waals surface area contributed by atoms with Crippen molar-refractivity contribution in [2.75, 3.05) is 10.6 Å². The number of anilines is 3. The topological polar surface area (TPSA) is 49.8 Å². The van der Waals surface area contributed by atoms with Gasteiger partial charge in [-0.05, 0) is 50.3 Å². The van der Waals surface area contributed by atoms with E-state index in [1.807, 2.05) is 25.1 Å². The van der Waals surface area contributed by atoms with Crippen LogP contribution in [0.5, 0.6) is 0 Å². The van der Waals surface area contributed by atoms with E-state index in [9.17, 15) is 0 Å². The van der Waals surface area contributed by atoms with E-state index in [0.29, 0.717) is 12.0 Å². The molecule has 0 amide bonds. The van der Waals surface area contributed by atoms with Gasteiger partial charge in [-0.3, -0.25) is 0 Å². The number of rotatable bonds is 5. The van der Waals surface area contributed by atoms with Gasteiger partial charge in [0.15, 0.2) is 0 Å². The number of hydrogen-bond acceptors (Lipinski definition) is 4. The lowest BCUT2D eigenvalue weighted by atomic mass is 9.96. The van der Waals surface area contributed by atoms with E-state index in [2.05, 4.69) is 16.7 Å². The van der Waals surface area contributed by atoms with Crippen molar-refractivity contribution in [1.82, 2.24) is 9.97 Å². The Kier molecular flexibility index (Phi) is 4.80. The minimum absolute atomic E-state index is 0.505. The molecule has 0 spiro atoms. The number of hydrogen-bond donors (Lipinski definition) is 2. The minimum atomic E-state index is 0.505. The van der Waals surface area contributed by atoms with Gasteiger partial charge in [0, 0.05) is 28.7 Å². The fraction of sp³-hybridized carbons (Fsp3) is 0.500. The molecule has 0 bridgehead atoms. The first kappa shape index (κ1) is 16.6. The zero-order valence-corrected chi connectivity index (χ0v) is 15.4. The van der Waals surface area contributed by atoms with Crippen molar-refractivity contribution in [1.29, 1.82) is 0 Å². The minimum Gasteiger partial charge on any atom is -0.351 e. The fourth-order valence-corrected chi connectivity index (χ4v) is 3.61. The van der Waals surface area contributed by atoms with Crippen LogP contribution in [0.15, 0.2) is 24.3 Å². The monoisotopic (exact) mass is 356 g/mol. The molecule has 2 aromatic rings. The van der Waals surface area contributed by atoms with E-state index in [0.717, 1.165) is 33.7 Å². The van der Waals surface area contributed by atoms with Crippen molar-refractivity contribution in [3.8, 4) is 0 Å². The molecular formula is C20H25ClN4. The molecule has 2 aliphatic rings. The standard InChI is InChI=1S/C20H25ClN4/c1-13-7-10-16(11-17(13)21)22-19-12-18(14-8-9-14)24-20(25-19)23-15-5-3-2-4-6-15/h7,10-12,14-15H,2-6,8-9H2,1H3,(H2,22,23,24,25). The van der Waals surface area contributed by atoms with Crippen LogP contribution >= 0.6 is 11.6 Å². The number of benzene rings is 1. The second-order valence-electron chi connectivity index (χ2n) is 7.34. The molecule has 0 aliphatic heterocycles. The Balaban J connectivity index is 1.56. The van der Waals surface area contributed by atoms with Crippen molar-refractivity contribution < 1.29 is 0 Å². The molecule has 1 heterocycles. The number of halogens is 1. The molecular weight excluding hydrogens is 332 g/mol. The Labute approximate surface area is 154 Å². The molecule has 0 radical (unpaired) electrons. The number of nitrogens with one attached hydrogen (secondary N) is 2. The molecule has 2 N–H and O–H groups in total. The van der Waals surface area contributed by atoms with Gasteiger partial charge < -0.3 is 10.6 Å². The summed E-state index contributed by atoms with van der Waals surface area (Å²) in [7, 11) is 0. The highest BCUT2D eigenvalue weighted by atomic mass is 35.5. The molecule has 0 atom stereocenters. The Morgan fingerprint density at radius 1 is 1.00 bits per heavy atom. The van der Waals surface area contributed by atoms with Gasteiger partial charge in [0.05, 0.1) is 5.69 Å². The first-order valence-electron chi connectivity index (χ1n) is 9.36. The van der Waals surface area contributed by atoms with Gasteiger partial charge in [-0.15, -0.1) is 0 Å². The van der Waals surface area contributed by atoms with E-state index < -0.39 is 0 Å². The Hall–Kier alpha value is -1.81. The molecule has 5 heteroatoms. The van der Waals surface area contributed by atoms with Crippen LogP contribution in [0.2, 0.25) is 5.02 Å². The molecule has 2 fully saturated rings. The van der Waals surface area contributed by atoms with Crippen LogP contribution in [0.1, 0.15) is 62.1 Å². The second-order valence-corrected chi connectivity index (χ2v) is 7.75. The zero-order chi connectivity index (χ0) is 17.2. The van der Waals surface area contributed by atoms with Gasteiger partial charge in [-0.2, -0.15) is 4.98 Å². The van der Waals surface area contributed by atoms with Gasteiger partial charge in [-0.1, -0.05) is 36.9 Å². The SMILES string of the molecule is Cc1ccc(Nc2cc(C3CC3)nc(NC3CCCCC3)n2)cc1Cl. The lowest BCUT2D eigenvalue weighted by Crippen LogP contribution is -2.23. The third-order valence-corrected chi connectivity index (χ3v) is 5.53. The maximum atomic E-state index is 6.25. The van der Waals surface area contributed by atoms with Crippen LogP contribution in [-0.4, -0.2) is 16.0 Å². The first-order valence-corrected chi connectivity index (χ1v) is 9.74. The maximum absolute atomic E-state index is 6.25. The van der Waals surface area contributed by atoms with E-state index in [1.54, 1.807) is 0 Å². The second kappa shape index (κ2) is 7.20. The van der Waals surface area contributed by atoms with Gasteiger partial charge in [0.2, 0.25) is 5.95 Å². The van der Waals surface area contributed by atoms with Gasteiger partial charge in [0.25, 0.3) is 0 Å². The summed E-state index contributed by atoms with van der Waals surface area (Å²) in [6, 6.07) is 8.59. The Morgan fingerprint density at radius 2 is 1.80 bits per heavy atom. The quantitative estimate of drug-likeness (QED) is 0.710. The molecule has 0 unspecified atom stereocenters. The predicted octanol–water partition coefficient (Wildman–Crippen LogP) is 5.80. The van der Waals surface area contributed by atoms with Gasteiger partial charge in [0.1, 0.15) is 5.82 Å². The summed E-state index contributed by atoms with van der Waals surface area (Å²) in [6.45, 7) is 2.01. The number of aryl methyl sites for hydroxylation is 1. The Morgan fingerprint density at radius 3 is 2.52 bits per heavy atom. The maximum Gasteiger partial charge on any atom is 0.225 e. The first-order chi connectivity index (χ1) is 12.2. The summed E-state index contributed by atoms with van der Waals surface area (Å²) in [6.07, 6.45) is 8.84. The highest BCUT2D eigenvalue weighted by molar-refractivity contribution is 6.31.